The Morgan fingerprint density at radius 2 is 1.82 bits per heavy atom. The molecule has 1 aromatic carbocycles. The average Bonchev–Trinajstić information content (AvgIpc) is 2.56. The quantitative estimate of drug-likeness (QED) is 0.681. The van der Waals surface area contributed by atoms with Crippen LogP contribution in [0.3, 0.4) is 0 Å². The fourth-order valence-corrected chi connectivity index (χ4v) is 3.02. The molecule has 0 aliphatic heterocycles. The standard InChI is InChI=1S/C15H18ClN/c16-14-8-6-13(7-9-14)15-5-3-1-2-4-12(15)10-11-17/h6-9,12,15H,1-5,10H2. The van der Waals surface area contributed by atoms with E-state index in [1.807, 2.05) is 12.1 Å². The summed E-state index contributed by atoms with van der Waals surface area (Å²) in [5, 5.41) is 9.74. The van der Waals surface area contributed by atoms with Crippen molar-refractivity contribution in [1.29, 1.82) is 5.26 Å². The van der Waals surface area contributed by atoms with Crippen molar-refractivity contribution < 1.29 is 0 Å². The van der Waals surface area contributed by atoms with E-state index in [1.54, 1.807) is 0 Å². The molecule has 17 heavy (non-hydrogen) atoms. The first-order chi connectivity index (χ1) is 8.31. The highest BCUT2D eigenvalue weighted by molar-refractivity contribution is 6.30. The molecular formula is C15H18ClN. The number of nitriles is 1. The fraction of sp³-hybridized carbons (Fsp3) is 0.533. The van der Waals surface area contributed by atoms with Gasteiger partial charge in [0.2, 0.25) is 0 Å². The van der Waals surface area contributed by atoms with Crippen molar-refractivity contribution in [2.45, 2.75) is 44.4 Å². The molecule has 2 unspecified atom stereocenters. The summed E-state index contributed by atoms with van der Waals surface area (Å²) in [6, 6.07) is 10.5. The van der Waals surface area contributed by atoms with Crippen molar-refractivity contribution >= 4 is 11.6 Å². The molecule has 0 aromatic heterocycles. The molecule has 0 radical (unpaired) electrons. The van der Waals surface area contributed by atoms with Crippen LogP contribution in [0.2, 0.25) is 5.02 Å². The zero-order valence-electron chi connectivity index (χ0n) is 10.0. The number of rotatable bonds is 2. The van der Waals surface area contributed by atoms with Crippen LogP contribution in [0.25, 0.3) is 0 Å². The Hall–Kier alpha value is -1.00. The molecule has 2 heteroatoms. The molecule has 0 spiro atoms. The monoisotopic (exact) mass is 247 g/mol. The van der Waals surface area contributed by atoms with Crippen molar-refractivity contribution in [3.63, 3.8) is 0 Å². The molecule has 1 aliphatic carbocycles. The van der Waals surface area contributed by atoms with E-state index in [1.165, 1.54) is 37.7 Å². The van der Waals surface area contributed by atoms with Crippen molar-refractivity contribution in [3.05, 3.63) is 34.9 Å². The highest BCUT2D eigenvalue weighted by Crippen LogP contribution is 2.38. The fourth-order valence-electron chi connectivity index (χ4n) is 2.89. The van der Waals surface area contributed by atoms with Gasteiger partial charge < -0.3 is 0 Å². The smallest absolute Gasteiger partial charge is 0.0624 e. The van der Waals surface area contributed by atoms with Gasteiger partial charge in [0.25, 0.3) is 0 Å². The van der Waals surface area contributed by atoms with Gasteiger partial charge in [-0.2, -0.15) is 5.26 Å². The minimum Gasteiger partial charge on any atom is -0.198 e. The third kappa shape index (κ3) is 3.23. The van der Waals surface area contributed by atoms with Crippen molar-refractivity contribution in [2.24, 2.45) is 5.92 Å². The van der Waals surface area contributed by atoms with Crippen molar-refractivity contribution in [2.75, 3.05) is 0 Å². The Labute approximate surface area is 108 Å². The summed E-state index contributed by atoms with van der Waals surface area (Å²) in [6.45, 7) is 0. The third-order valence-corrected chi connectivity index (χ3v) is 4.06. The van der Waals surface area contributed by atoms with Gasteiger partial charge in [-0.3, -0.25) is 0 Å². The molecular weight excluding hydrogens is 230 g/mol. The lowest BCUT2D eigenvalue weighted by Crippen LogP contribution is -2.11. The molecule has 1 saturated carbocycles. The van der Waals surface area contributed by atoms with Crippen LogP contribution in [0, 0.1) is 17.2 Å². The lowest BCUT2D eigenvalue weighted by molar-refractivity contribution is 0.406. The molecule has 2 rings (SSSR count). The van der Waals surface area contributed by atoms with Crippen LogP contribution in [0.1, 0.15) is 50.0 Å². The minimum absolute atomic E-state index is 0.531. The molecule has 0 amide bonds. The molecule has 2 atom stereocenters. The van der Waals surface area contributed by atoms with Gasteiger partial charge in [-0.25, -0.2) is 0 Å². The SMILES string of the molecule is N#CCC1CCCCCC1c1ccc(Cl)cc1. The van der Waals surface area contributed by atoms with Crippen molar-refractivity contribution in [3.8, 4) is 6.07 Å². The topological polar surface area (TPSA) is 23.8 Å². The summed E-state index contributed by atoms with van der Waals surface area (Å²) in [4.78, 5) is 0. The van der Waals surface area contributed by atoms with Crippen LogP contribution in [-0.4, -0.2) is 0 Å². The van der Waals surface area contributed by atoms with Crippen LogP contribution in [0.5, 0.6) is 0 Å². The van der Waals surface area contributed by atoms with Gasteiger partial charge in [0.1, 0.15) is 0 Å². The Balaban J connectivity index is 2.19. The second-order valence-corrected chi connectivity index (χ2v) is 5.35. The van der Waals surface area contributed by atoms with Gasteiger partial charge in [0, 0.05) is 11.4 Å². The second kappa shape index (κ2) is 6.07. The molecule has 90 valence electrons. The highest BCUT2D eigenvalue weighted by atomic mass is 35.5. The van der Waals surface area contributed by atoms with Gasteiger partial charge in [0.15, 0.2) is 0 Å². The van der Waals surface area contributed by atoms with E-state index >= 15 is 0 Å². The van der Waals surface area contributed by atoms with Crippen LogP contribution in [0.4, 0.5) is 0 Å². The summed E-state index contributed by atoms with van der Waals surface area (Å²) in [6.07, 6.45) is 6.97. The lowest BCUT2D eigenvalue weighted by Gasteiger charge is -2.23. The maximum absolute atomic E-state index is 8.95. The van der Waals surface area contributed by atoms with Gasteiger partial charge in [0.05, 0.1) is 6.07 Å². The summed E-state index contributed by atoms with van der Waals surface area (Å²) in [5.74, 6) is 1.08. The molecule has 1 aliphatic rings. The third-order valence-electron chi connectivity index (χ3n) is 3.81. The zero-order chi connectivity index (χ0) is 12.1. The van der Waals surface area contributed by atoms with E-state index in [0.717, 1.165) is 5.02 Å². The van der Waals surface area contributed by atoms with Gasteiger partial charge in [-0.15, -0.1) is 0 Å². The normalized spacial score (nSPS) is 24.9. The van der Waals surface area contributed by atoms with Crippen LogP contribution in [-0.2, 0) is 0 Å². The van der Waals surface area contributed by atoms with Gasteiger partial charge in [-0.1, -0.05) is 43.0 Å². The first-order valence-corrected chi connectivity index (χ1v) is 6.81. The Bertz CT molecular complexity index is 390. The first kappa shape index (κ1) is 12.5. The minimum atomic E-state index is 0.531. The maximum Gasteiger partial charge on any atom is 0.0624 e. The van der Waals surface area contributed by atoms with E-state index in [2.05, 4.69) is 18.2 Å². The number of halogens is 1. The summed E-state index contributed by atoms with van der Waals surface area (Å²) in [7, 11) is 0. The molecule has 0 bridgehead atoms. The Morgan fingerprint density at radius 3 is 2.53 bits per heavy atom. The number of hydrogen-bond acceptors (Lipinski definition) is 1. The van der Waals surface area contributed by atoms with E-state index in [-0.39, 0.29) is 0 Å². The predicted molar refractivity (Wildman–Crippen MR) is 71.0 cm³/mol. The summed E-state index contributed by atoms with van der Waals surface area (Å²) < 4.78 is 0. The van der Waals surface area contributed by atoms with Crippen LogP contribution >= 0.6 is 11.6 Å². The molecule has 0 saturated heterocycles. The van der Waals surface area contributed by atoms with Crippen molar-refractivity contribution in [1.82, 2.24) is 0 Å². The Morgan fingerprint density at radius 1 is 1.12 bits per heavy atom. The van der Waals surface area contributed by atoms with Gasteiger partial charge in [-0.05, 0) is 42.4 Å². The number of benzene rings is 1. The molecule has 0 heterocycles. The van der Waals surface area contributed by atoms with Crippen LogP contribution in [0.15, 0.2) is 24.3 Å². The van der Waals surface area contributed by atoms with Crippen LogP contribution < -0.4 is 0 Å². The first-order valence-electron chi connectivity index (χ1n) is 6.43. The number of nitrogens with zero attached hydrogens (tertiary/aromatic N) is 1. The molecule has 1 nitrogen and oxygen atoms in total. The number of hydrogen-bond donors (Lipinski definition) is 0. The van der Waals surface area contributed by atoms with E-state index < -0.39 is 0 Å². The van der Waals surface area contributed by atoms with E-state index in [9.17, 15) is 0 Å². The zero-order valence-corrected chi connectivity index (χ0v) is 10.8. The second-order valence-electron chi connectivity index (χ2n) is 4.92. The van der Waals surface area contributed by atoms with E-state index in [0.29, 0.717) is 18.3 Å². The van der Waals surface area contributed by atoms with E-state index in [4.69, 9.17) is 16.9 Å². The van der Waals surface area contributed by atoms with Gasteiger partial charge >= 0.3 is 0 Å². The summed E-state index contributed by atoms with van der Waals surface area (Å²) in [5.41, 5.74) is 1.36. The molecule has 0 N–H and O–H groups in total. The molecule has 1 fully saturated rings. The maximum atomic E-state index is 8.95. The highest BCUT2D eigenvalue weighted by Gasteiger charge is 2.24. The Kier molecular flexibility index (Phi) is 4.45. The summed E-state index contributed by atoms with van der Waals surface area (Å²) >= 11 is 5.93. The average molecular weight is 248 g/mol. The largest absolute Gasteiger partial charge is 0.198 e. The lowest BCUT2D eigenvalue weighted by atomic mass is 9.81. The predicted octanol–water partition coefficient (Wildman–Crippen LogP) is 4.92. The molecule has 1 aromatic rings.